The molecule has 8 nitrogen and oxygen atoms in total. The first-order valence-corrected chi connectivity index (χ1v) is 8.83. The standard InChI is InChI=1S/C13H24NO7P/c15-11(9-22(18)19)8-14-13(17)21-7-6-20-12(16)10-4-2-1-3-5-10/h10-11,15,18-19H,1-9H2,(H,14,17)/t11-/m1/s1. The molecule has 0 radical (unpaired) electrons. The Labute approximate surface area is 130 Å². The Morgan fingerprint density at radius 1 is 1.14 bits per heavy atom. The number of hydrogen-bond acceptors (Lipinski definition) is 7. The van der Waals surface area contributed by atoms with Crippen molar-refractivity contribution in [3.8, 4) is 0 Å². The Bertz CT molecular complexity index is 347. The molecule has 0 spiro atoms. The van der Waals surface area contributed by atoms with Crippen molar-refractivity contribution in [1.29, 1.82) is 0 Å². The molecule has 1 aliphatic carbocycles. The second kappa shape index (κ2) is 10.7. The lowest BCUT2D eigenvalue weighted by atomic mass is 9.89. The van der Waals surface area contributed by atoms with Gasteiger partial charge in [0.15, 0.2) is 8.38 Å². The van der Waals surface area contributed by atoms with Gasteiger partial charge in [-0.2, -0.15) is 0 Å². The number of hydrogen-bond donors (Lipinski definition) is 4. The van der Waals surface area contributed by atoms with Gasteiger partial charge in [-0.25, -0.2) is 4.79 Å². The van der Waals surface area contributed by atoms with Crippen molar-refractivity contribution in [2.75, 3.05) is 25.9 Å². The van der Waals surface area contributed by atoms with Crippen LogP contribution in [0.25, 0.3) is 0 Å². The molecule has 1 rings (SSSR count). The molecular formula is C13H24NO7P. The monoisotopic (exact) mass is 337 g/mol. The highest BCUT2D eigenvalue weighted by Crippen LogP contribution is 2.24. The van der Waals surface area contributed by atoms with Crippen LogP contribution >= 0.6 is 8.38 Å². The van der Waals surface area contributed by atoms with Gasteiger partial charge in [0, 0.05) is 12.7 Å². The first kappa shape index (κ1) is 19.1. The summed E-state index contributed by atoms with van der Waals surface area (Å²) >= 11 is 0. The fourth-order valence-electron chi connectivity index (χ4n) is 2.24. The van der Waals surface area contributed by atoms with Gasteiger partial charge in [-0.15, -0.1) is 0 Å². The Morgan fingerprint density at radius 2 is 1.77 bits per heavy atom. The smallest absolute Gasteiger partial charge is 0.407 e. The Morgan fingerprint density at radius 3 is 2.41 bits per heavy atom. The molecule has 0 aromatic rings. The Kier molecular flexibility index (Phi) is 9.31. The molecule has 1 atom stereocenters. The van der Waals surface area contributed by atoms with Gasteiger partial charge in [0.2, 0.25) is 0 Å². The average Bonchev–Trinajstić information content (AvgIpc) is 2.49. The second-order valence-electron chi connectivity index (χ2n) is 5.23. The number of rotatable bonds is 8. The minimum atomic E-state index is -2.20. The highest BCUT2D eigenvalue weighted by molar-refractivity contribution is 7.45. The number of esters is 1. The maximum absolute atomic E-state index is 11.7. The lowest BCUT2D eigenvalue weighted by Crippen LogP contribution is -2.34. The van der Waals surface area contributed by atoms with Gasteiger partial charge in [-0.05, 0) is 12.8 Å². The molecule has 9 heteroatoms. The van der Waals surface area contributed by atoms with Crippen LogP contribution in [-0.2, 0) is 14.3 Å². The van der Waals surface area contributed by atoms with E-state index in [1.165, 1.54) is 0 Å². The molecule has 1 fully saturated rings. The van der Waals surface area contributed by atoms with Crippen LogP contribution in [0.4, 0.5) is 4.79 Å². The number of amides is 1. The van der Waals surface area contributed by atoms with Crippen molar-refractivity contribution in [3.05, 3.63) is 0 Å². The van der Waals surface area contributed by atoms with Crippen molar-refractivity contribution >= 4 is 20.4 Å². The lowest BCUT2D eigenvalue weighted by Gasteiger charge is -2.19. The lowest BCUT2D eigenvalue weighted by molar-refractivity contribution is -0.150. The molecule has 0 saturated heterocycles. The molecule has 128 valence electrons. The quantitative estimate of drug-likeness (QED) is 0.289. The molecule has 0 aliphatic heterocycles. The molecule has 0 bridgehead atoms. The number of carbonyl (C=O) groups excluding carboxylic acids is 2. The molecule has 0 aromatic carbocycles. The van der Waals surface area contributed by atoms with Gasteiger partial charge in [0.25, 0.3) is 0 Å². The van der Waals surface area contributed by atoms with Crippen LogP contribution in [-0.4, -0.2) is 59.0 Å². The molecule has 1 saturated carbocycles. The summed E-state index contributed by atoms with van der Waals surface area (Å²) in [5.41, 5.74) is 0. The highest BCUT2D eigenvalue weighted by atomic mass is 31.2. The van der Waals surface area contributed by atoms with E-state index in [1.54, 1.807) is 0 Å². The molecule has 22 heavy (non-hydrogen) atoms. The van der Waals surface area contributed by atoms with Gasteiger partial charge in [-0.3, -0.25) is 4.79 Å². The van der Waals surface area contributed by atoms with E-state index in [-0.39, 0.29) is 37.8 Å². The molecule has 1 aliphatic rings. The molecule has 0 heterocycles. The van der Waals surface area contributed by atoms with E-state index in [2.05, 4.69) is 5.32 Å². The number of aliphatic hydroxyl groups is 1. The topological polar surface area (TPSA) is 125 Å². The molecule has 4 N–H and O–H groups in total. The summed E-state index contributed by atoms with van der Waals surface area (Å²) in [6, 6.07) is 0. The number of ether oxygens (including phenoxy) is 2. The predicted octanol–water partition coefficient (Wildman–Crippen LogP) is 0.493. The van der Waals surface area contributed by atoms with E-state index in [0.29, 0.717) is 0 Å². The highest BCUT2D eigenvalue weighted by Gasteiger charge is 2.22. The summed E-state index contributed by atoms with van der Waals surface area (Å²) in [6.07, 6.45) is 2.97. The minimum Gasteiger partial charge on any atom is -0.462 e. The third-order valence-corrected chi connectivity index (χ3v) is 4.10. The third-order valence-electron chi connectivity index (χ3n) is 3.36. The van der Waals surface area contributed by atoms with Gasteiger partial charge >= 0.3 is 12.1 Å². The van der Waals surface area contributed by atoms with Crippen molar-refractivity contribution < 1.29 is 34.0 Å². The zero-order valence-electron chi connectivity index (χ0n) is 12.4. The summed E-state index contributed by atoms with van der Waals surface area (Å²) in [6.45, 7) is -0.197. The van der Waals surface area contributed by atoms with E-state index >= 15 is 0 Å². The van der Waals surface area contributed by atoms with Gasteiger partial charge < -0.3 is 29.7 Å². The van der Waals surface area contributed by atoms with Crippen LogP contribution in [0.2, 0.25) is 0 Å². The number of nitrogens with one attached hydrogen (secondary N) is 1. The van der Waals surface area contributed by atoms with E-state index in [9.17, 15) is 14.7 Å². The first-order valence-electron chi connectivity index (χ1n) is 7.39. The SMILES string of the molecule is O=C(NC[C@@H](O)CP(O)O)OCCOC(=O)C1CCCCC1. The van der Waals surface area contributed by atoms with Crippen LogP contribution in [0.15, 0.2) is 0 Å². The molecular weight excluding hydrogens is 313 g/mol. The van der Waals surface area contributed by atoms with Crippen LogP contribution in [0, 0.1) is 5.92 Å². The normalized spacial score (nSPS) is 17.1. The first-order chi connectivity index (χ1) is 10.5. The van der Waals surface area contributed by atoms with Crippen LogP contribution in [0.3, 0.4) is 0 Å². The summed E-state index contributed by atoms with van der Waals surface area (Å²) in [7, 11) is -2.20. The minimum absolute atomic E-state index is 0.00386. The maximum atomic E-state index is 11.7. The second-order valence-corrected chi connectivity index (χ2v) is 6.34. The third kappa shape index (κ3) is 8.48. The number of aliphatic hydroxyl groups excluding tert-OH is 1. The fourth-order valence-corrected chi connectivity index (χ4v) is 2.74. The van der Waals surface area contributed by atoms with Crippen molar-refractivity contribution in [1.82, 2.24) is 5.32 Å². The average molecular weight is 337 g/mol. The van der Waals surface area contributed by atoms with E-state index in [4.69, 9.17) is 19.3 Å². The number of alkyl carbamates (subject to hydrolysis) is 1. The summed E-state index contributed by atoms with van der Waals surface area (Å²) < 4.78 is 9.83. The molecule has 1 amide bonds. The molecule has 0 unspecified atom stereocenters. The molecule has 0 aromatic heterocycles. The van der Waals surface area contributed by atoms with Gasteiger partial charge in [0.1, 0.15) is 13.2 Å². The summed E-state index contributed by atoms with van der Waals surface area (Å²) in [5.74, 6) is -0.275. The Balaban J connectivity index is 2.03. The van der Waals surface area contributed by atoms with Crippen LogP contribution in [0.1, 0.15) is 32.1 Å². The van der Waals surface area contributed by atoms with Gasteiger partial charge in [-0.1, -0.05) is 19.3 Å². The van der Waals surface area contributed by atoms with Gasteiger partial charge in [0.05, 0.1) is 12.0 Å². The largest absolute Gasteiger partial charge is 0.462 e. The summed E-state index contributed by atoms with van der Waals surface area (Å²) in [4.78, 5) is 40.4. The van der Waals surface area contributed by atoms with Crippen molar-refractivity contribution in [2.45, 2.75) is 38.2 Å². The van der Waals surface area contributed by atoms with Crippen molar-refractivity contribution in [2.24, 2.45) is 5.92 Å². The fraction of sp³-hybridized carbons (Fsp3) is 0.846. The zero-order valence-corrected chi connectivity index (χ0v) is 13.3. The van der Waals surface area contributed by atoms with E-state index in [0.717, 1.165) is 32.1 Å². The van der Waals surface area contributed by atoms with Crippen molar-refractivity contribution in [3.63, 3.8) is 0 Å². The van der Waals surface area contributed by atoms with E-state index in [1.807, 2.05) is 0 Å². The van der Waals surface area contributed by atoms with Crippen LogP contribution in [0.5, 0.6) is 0 Å². The predicted molar refractivity (Wildman–Crippen MR) is 79.1 cm³/mol. The Hall–Kier alpha value is -0.950. The summed E-state index contributed by atoms with van der Waals surface area (Å²) in [5, 5.41) is 11.6. The zero-order chi connectivity index (χ0) is 16.4. The maximum Gasteiger partial charge on any atom is 0.407 e. The van der Waals surface area contributed by atoms with Crippen LogP contribution < -0.4 is 5.32 Å². The van der Waals surface area contributed by atoms with E-state index < -0.39 is 20.6 Å². The number of carbonyl (C=O) groups is 2.